The van der Waals surface area contributed by atoms with Crippen LogP contribution in [0.1, 0.15) is 27.2 Å². The average Bonchev–Trinajstić information content (AvgIpc) is 1.85. The molecule has 0 heterocycles. The molecule has 0 aromatic rings. The van der Waals surface area contributed by atoms with Gasteiger partial charge in [0.2, 0.25) is 0 Å². The highest BCUT2D eigenvalue weighted by Crippen LogP contribution is 2.13. The number of hydrogen-bond donors (Lipinski definition) is 0. The molecule has 69 valence electrons. The van der Waals surface area contributed by atoms with Crippen LogP contribution in [0.3, 0.4) is 0 Å². The minimum atomic E-state index is -0.825. The molecule has 0 saturated carbocycles. The smallest absolute Gasteiger partial charge is 0.418 e. The van der Waals surface area contributed by atoms with Crippen molar-refractivity contribution in [1.29, 1.82) is 0 Å². The topological polar surface area (TPSA) is 52.6 Å². The Balaban J connectivity index is 3.87. The van der Waals surface area contributed by atoms with Crippen LogP contribution in [0.25, 0.3) is 0 Å². The molecule has 0 aliphatic rings. The zero-order valence-electron chi connectivity index (χ0n) is 7.55. The van der Waals surface area contributed by atoms with E-state index in [-0.39, 0.29) is 12.4 Å². The van der Waals surface area contributed by atoms with Gasteiger partial charge in [0.1, 0.15) is 5.60 Å². The molecule has 4 heteroatoms. The summed E-state index contributed by atoms with van der Waals surface area (Å²) in [5, 5.41) is 0. The third-order valence-corrected chi connectivity index (χ3v) is 1.19. The van der Waals surface area contributed by atoms with Crippen LogP contribution in [0.15, 0.2) is 0 Å². The van der Waals surface area contributed by atoms with Gasteiger partial charge in [0.05, 0.1) is 13.0 Å². The van der Waals surface area contributed by atoms with Crippen LogP contribution in [0, 0.1) is 0 Å². The Morgan fingerprint density at radius 1 is 1.50 bits per heavy atom. The van der Waals surface area contributed by atoms with Crippen molar-refractivity contribution in [1.82, 2.24) is 0 Å². The van der Waals surface area contributed by atoms with Gasteiger partial charge < -0.3 is 9.47 Å². The van der Waals surface area contributed by atoms with Crippen LogP contribution in [0.2, 0.25) is 0 Å². The molecule has 0 spiro atoms. The lowest BCUT2D eigenvalue weighted by atomic mass is 10.1. The second kappa shape index (κ2) is 4.74. The Hall–Kier alpha value is -1.06. The third-order valence-electron chi connectivity index (χ3n) is 1.19. The Morgan fingerprint density at radius 2 is 2.08 bits per heavy atom. The summed E-state index contributed by atoms with van der Waals surface area (Å²) in [6, 6.07) is 0. The summed E-state index contributed by atoms with van der Waals surface area (Å²) >= 11 is 0. The Labute approximate surface area is 71.8 Å². The van der Waals surface area contributed by atoms with Crippen LogP contribution < -0.4 is 0 Å². The van der Waals surface area contributed by atoms with Gasteiger partial charge in [0.15, 0.2) is 0 Å². The van der Waals surface area contributed by atoms with Gasteiger partial charge in [-0.2, -0.15) is 0 Å². The minimum absolute atomic E-state index is 0.0517. The SMILES string of the molecule is CCOC(=O)CC(C)(C)O[C]=O. The predicted molar refractivity (Wildman–Crippen MR) is 42.1 cm³/mol. The highest BCUT2D eigenvalue weighted by atomic mass is 16.6. The molecule has 0 bridgehead atoms. The summed E-state index contributed by atoms with van der Waals surface area (Å²) in [6.07, 6.45) is 0.0517. The fraction of sp³-hybridized carbons (Fsp3) is 0.750. The summed E-state index contributed by atoms with van der Waals surface area (Å²) in [6.45, 7) is 6.59. The van der Waals surface area contributed by atoms with Gasteiger partial charge in [0, 0.05) is 0 Å². The van der Waals surface area contributed by atoms with Crippen molar-refractivity contribution in [3.63, 3.8) is 0 Å². The van der Waals surface area contributed by atoms with Crippen molar-refractivity contribution >= 4 is 12.4 Å². The van der Waals surface area contributed by atoms with Crippen molar-refractivity contribution in [2.45, 2.75) is 32.8 Å². The van der Waals surface area contributed by atoms with Gasteiger partial charge in [-0.1, -0.05) is 0 Å². The molecule has 0 atom stereocenters. The first kappa shape index (κ1) is 10.9. The highest BCUT2D eigenvalue weighted by Gasteiger charge is 2.24. The molecule has 0 N–H and O–H groups in total. The normalized spacial score (nSPS) is 10.6. The molecular weight excluding hydrogens is 160 g/mol. The van der Waals surface area contributed by atoms with E-state index in [9.17, 15) is 9.59 Å². The van der Waals surface area contributed by atoms with Crippen LogP contribution in [-0.4, -0.2) is 24.6 Å². The molecule has 0 rings (SSSR count). The maximum atomic E-state index is 10.9. The number of carbonyl (C=O) groups is 1. The molecule has 0 aromatic heterocycles. The summed E-state index contributed by atoms with van der Waals surface area (Å²) in [4.78, 5) is 20.8. The average molecular weight is 173 g/mol. The van der Waals surface area contributed by atoms with E-state index in [1.165, 1.54) is 6.47 Å². The van der Waals surface area contributed by atoms with Crippen LogP contribution in [0.4, 0.5) is 0 Å². The summed E-state index contributed by atoms with van der Waals surface area (Å²) in [5.41, 5.74) is -0.825. The molecule has 0 aliphatic carbocycles. The second-order valence-electron chi connectivity index (χ2n) is 2.93. The van der Waals surface area contributed by atoms with E-state index in [0.29, 0.717) is 6.61 Å². The van der Waals surface area contributed by atoms with E-state index >= 15 is 0 Å². The number of carbonyl (C=O) groups excluding carboxylic acids is 2. The van der Waals surface area contributed by atoms with E-state index in [2.05, 4.69) is 9.47 Å². The summed E-state index contributed by atoms with van der Waals surface area (Å²) in [7, 11) is 0. The molecule has 12 heavy (non-hydrogen) atoms. The molecule has 0 unspecified atom stereocenters. The first-order valence-corrected chi connectivity index (χ1v) is 3.72. The van der Waals surface area contributed by atoms with Crippen LogP contribution in [-0.2, 0) is 19.1 Å². The quantitative estimate of drug-likeness (QED) is 0.577. The maximum absolute atomic E-state index is 10.9. The fourth-order valence-corrected chi connectivity index (χ4v) is 0.708. The predicted octanol–water partition coefficient (Wildman–Crippen LogP) is 0.802. The maximum Gasteiger partial charge on any atom is 0.418 e. The van der Waals surface area contributed by atoms with E-state index < -0.39 is 5.60 Å². The molecule has 0 aliphatic heterocycles. The zero-order chi connectivity index (χ0) is 9.61. The minimum Gasteiger partial charge on any atom is -0.466 e. The van der Waals surface area contributed by atoms with Gasteiger partial charge in [-0.15, -0.1) is 0 Å². The van der Waals surface area contributed by atoms with Gasteiger partial charge >= 0.3 is 12.4 Å². The number of hydrogen-bond acceptors (Lipinski definition) is 4. The zero-order valence-corrected chi connectivity index (χ0v) is 7.55. The first-order valence-electron chi connectivity index (χ1n) is 3.72. The lowest BCUT2D eigenvalue weighted by Crippen LogP contribution is -2.28. The number of rotatable bonds is 5. The standard InChI is InChI=1S/C8H13O4/c1-4-11-7(10)5-8(2,3)12-6-9/h4-5H2,1-3H3. The van der Waals surface area contributed by atoms with Crippen molar-refractivity contribution < 1.29 is 19.1 Å². The molecular formula is C8H13O4. The van der Waals surface area contributed by atoms with Gasteiger partial charge in [-0.25, -0.2) is 4.79 Å². The number of ether oxygens (including phenoxy) is 2. The molecule has 4 nitrogen and oxygen atoms in total. The highest BCUT2D eigenvalue weighted by molar-refractivity contribution is 5.70. The third kappa shape index (κ3) is 4.71. The van der Waals surface area contributed by atoms with Gasteiger partial charge in [0.25, 0.3) is 0 Å². The van der Waals surface area contributed by atoms with Gasteiger partial charge in [-0.05, 0) is 20.8 Å². The molecule has 0 saturated heterocycles. The van der Waals surface area contributed by atoms with E-state index in [4.69, 9.17) is 0 Å². The Kier molecular flexibility index (Phi) is 4.33. The van der Waals surface area contributed by atoms with Crippen molar-refractivity contribution in [2.75, 3.05) is 6.61 Å². The molecule has 1 radical (unpaired) electrons. The number of esters is 1. The van der Waals surface area contributed by atoms with Crippen molar-refractivity contribution in [3.05, 3.63) is 0 Å². The van der Waals surface area contributed by atoms with Crippen LogP contribution >= 0.6 is 0 Å². The molecule has 0 amide bonds. The summed E-state index contributed by atoms with van der Waals surface area (Å²) in [5.74, 6) is -0.377. The van der Waals surface area contributed by atoms with E-state index in [1.54, 1.807) is 20.8 Å². The van der Waals surface area contributed by atoms with Crippen molar-refractivity contribution in [2.24, 2.45) is 0 Å². The Bertz CT molecular complexity index is 162. The monoisotopic (exact) mass is 173 g/mol. The summed E-state index contributed by atoms with van der Waals surface area (Å²) < 4.78 is 9.22. The molecule has 0 aromatic carbocycles. The lowest BCUT2D eigenvalue weighted by molar-refractivity contribution is -0.147. The van der Waals surface area contributed by atoms with E-state index in [1.807, 2.05) is 0 Å². The second-order valence-corrected chi connectivity index (χ2v) is 2.93. The van der Waals surface area contributed by atoms with Gasteiger partial charge in [-0.3, -0.25) is 4.79 Å². The van der Waals surface area contributed by atoms with Crippen molar-refractivity contribution in [3.8, 4) is 0 Å². The molecule has 0 fully saturated rings. The fourth-order valence-electron chi connectivity index (χ4n) is 0.708. The lowest BCUT2D eigenvalue weighted by Gasteiger charge is -2.20. The first-order chi connectivity index (χ1) is 5.52. The largest absolute Gasteiger partial charge is 0.466 e. The van der Waals surface area contributed by atoms with Crippen LogP contribution in [0.5, 0.6) is 0 Å². The van der Waals surface area contributed by atoms with E-state index in [0.717, 1.165) is 0 Å². The Morgan fingerprint density at radius 3 is 2.50 bits per heavy atom.